The van der Waals surface area contributed by atoms with Crippen LogP contribution in [0.3, 0.4) is 0 Å². The van der Waals surface area contributed by atoms with Crippen LogP contribution in [0.4, 0.5) is 0 Å². The molecule has 1 unspecified atom stereocenters. The number of halogens is 1. The highest BCUT2D eigenvalue weighted by Gasteiger charge is 2.15. The standard InChI is InChI=1S/C15H17ClN2O/c16-14-4-3-12(15-13(14)2-1-6-18-15)9-17-8-11-5-7-19-10-11/h1-4,6,11,17H,5,7-10H2. The molecule has 1 aromatic heterocycles. The number of pyridine rings is 1. The van der Waals surface area contributed by atoms with Crippen molar-refractivity contribution in [2.45, 2.75) is 13.0 Å². The monoisotopic (exact) mass is 276 g/mol. The van der Waals surface area contributed by atoms with Crippen molar-refractivity contribution in [1.29, 1.82) is 0 Å². The predicted molar refractivity (Wildman–Crippen MR) is 77.4 cm³/mol. The van der Waals surface area contributed by atoms with Crippen molar-refractivity contribution < 1.29 is 4.74 Å². The highest BCUT2D eigenvalue weighted by molar-refractivity contribution is 6.35. The zero-order valence-corrected chi connectivity index (χ0v) is 11.5. The van der Waals surface area contributed by atoms with E-state index in [9.17, 15) is 0 Å². The summed E-state index contributed by atoms with van der Waals surface area (Å²) in [6, 6.07) is 7.93. The van der Waals surface area contributed by atoms with Crippen LogP contribution in [0, 0.1) is 5.92 Å². The Morgan fingerprint density at radius 2 is 2.32 bits per heavy atom. The Bertz CT molecular complexity index is 567. The van der Waals surface area contributed by atoms with E-state index in [2.05, 4.69) is 16.4 Å². The van der Waals surface area contributed by atoms with Gasteiger partial charge in [0.15, 0.2) is 0 Å². The van der Waals surface area contributed by atoms with E-state index in [0.29, 0.717) is 5.92 Å². The van der Waals surface area contributed by atoms with Crippen LogP contribution in [0.2, 0.25) is 5.02 Å². The molecule has 0 bridgehead atoms. The van der Waals surface area contributed by atoms with Gasteiger partial charge in [-0.05, 0) is 36.1 Å². The lowest BCUT2D eigenvalue weighted by Gasteiger charge is -2.11. The maximum Gasteiger partial charge on any atom is 0.0761 e. The van der Waals surface area contributed by atoms with Gasteiger partial charge < -0.3 is 10.1 Å². The summed E-state index contributed by atoms with van der Waals surface area (Å²) in [7, 11) is 0. The van der Waals surface area contributed by atoms with Gasteiger partial charge in [-0.25, -0.2) is 0 Å². The van der Waals surface area contributed by atoms with Crippen molar-refractivity contribution in [1.82, 2.24) is 10.3 Å². The average molecular weight is 277 g/mol. The Balaban J connectivity index is 1.72. The van der Waals surface area contributed by atoms with Crippen molar-refractivity contribution >= 4 is 22.5 Å². The van der Waals surface area contributed by atoms with Crippen molar-refractivity contribution in [2.75, 3.05) is 19.8 Å². The Morgan fingerprint density at radius 1 is 1.37 bits per heavy atom. The van der Waals surface area contributed by atoms with Crippen LogP contribution in [-0.4, -0.2) is 24.7 Å². The first kappa shape index (κ1) is 12.9. The minimum absolute atomic E-state index is 0.645. The van der Waals surface area contributed by atoms with Crippen LogP contribution in [0.1, 0.15) is 12.0 Å². The third-order valence-electron chi connectivity index (χ3n) is 3.57. The van der Waals surface area contributed by atoms with Gasteiger partial charge >= 0.3 is 0 Å². The van der Waals surface area contributed by atoms with Gasteiger partial charge in [-0.3, -0.25) is 4.98 Å². The van der Waals surface area contributed by atoms with Gasteiger partial charge in [0.25, 0.3) is 0 Å². The summed E-state index contributed by atoms with van der Waals surface area (Å²) in [5, 5.41) is 5.27. The molecule has 1 fully saturated rings. The second kappa shape index (κ2) is 5.87. The maximum atomic E-state index is 6.19. The first-order valence-corrected chi connectivity index (χ1v) is 7.03. The summed E-state index contributed by atoms with van der Waals surface area (Å²) in [6.45, 7) is 3.60. The number of rotatable bonds is 4. The van der Waals surface area contributed by atoms with Crippen LogP contribution in [0.25, 0.3) is 10.9 Å². The molecule has 3 rings (SSSR count). The van der Waals surface area contributed by atoms with Crippen LogP contribution in [0.15, 0.2) is 30.5 Å². The van der Waals surface area contributed by atoms with E-state index in [1.54, 1.807) is 0 Å². The van der Waals surface area contributed by atoms with Gasteiger partial charge in [-0.2, -0.15) is 0 Å². The quantitative estimate of drug-likeness (QED) is 0.932. The van der Waals surface area contributed by atoms with E-state index in [-0.39, 0.29) is 0 Å². The molecule has 0 aliphatic carbocycles. The third kappa shape index (κ3) is 2.89. The smallest absolute Gasteiger partial charge is 0.0761 e. The number of hydrogen-bond donors (Lipinski definition) is 1. The van der Waals surface area contributed by atoms with Crippen LogP contribution in [0.5, 0.6) is 0 Å². The molecule has 1 N–H and O–H groups in total. The normalized spacial score (nSPS) is 19.1. The highest BCUT2D eigenvalue weighted by Crippen LogP contribution is 2.24. The Morgan fingerprint density at radius 3 is 3.16 bits per heavy atom. The second-order valence-corrected chi connectivity index (χ2v) is 5.37. The molecule has 100 valence electrons. The molecule has 0 amide bonds. The van der Waals surface area contributed by atoms with E-state index < -0.39 is 0 Å². The SMILES string of the molecule is Clc1ccc(CNCC2CCOC2)c2ncccc12. The van der Waals surface area contributed by atoms with Gasteiger partial charge in [0, 0.05) is 36.3 Å². The zero-order chi connectivity index (χ0) is 13.1. The van der Waals surface area contributed by atoms with E-state index in [4.69, 9.17) is 16.3 Å². The fourth-order valence-electron chi connectivity index (χ4n) is 2.49. The first-order valence-electron chi connectivity index (χ1n) is 6.65. The lowest BCUT2D eigenvalue weighted by atomic mass is 10.1. The first-order chi connectivity index (χ1) is 9.34. The van der Waals surface area contributed by atoms with Gasteiger partial charge in [-0.15, -0.1) is 0 Å². The summed E-state index contributed by atoms with van der Waals surface area (Å²) in [4.78, 5) is 4.44. The van der Waals surface area contributed by atoms with Crippen molar-refractivity contribution in [3.8, 4) is 0 Å². The summed E-state index contributed by atoms with van der Waals surface area (Å²) >= 11 is 6.19. The number of nitrogens with one attached hydrogen (secondary N) is 1. The van der Waals surface area contributed by atoms with Gasteiger partial charge in [-0.1, -0.05) is 17.7 Å². The molecular formula is C15H17ClN2O. The Kier molecular flexibility index (Phi) is 3.97. The highest BCUT2D eigenvalue weighted by atomic mass is 35.5. The molecule has 1 saturated heterocycles. The second-order valence-electron chi connectivity index (χ2n) is 4.97. The molecular weight excluding hydrogens is 260 g/mol. The number of aromatic nitrogens is 1. The number of benzene rings is 1. The minimum Gasteiger partial charge on any atom is -0.381 e. The predicted octanol–water partition coefficient (Wildman–Crippen LogP) is 3.01. The topological polar surface area (TPSA) is 34.1 Å². The number of ether oxygens (including phenoxy) is 1. The molecule has 2 aromatic rings. The molecule has 1 aliphatic heterocycles. The van der Waals surface area contributed by atoms with Crippen molar-refractivity contribution in [3.63, 3.8) is 0 Å². The fourth-order valence-corrected chi connectivity index (χ4v) is 2.71. The lowest BCUT2D eigenvalue weighted by molar-refractivity contribution is 0.185. The van der Waals surface area contributed by atoms with Crippen molar-refractivity contribution in [3.05, 3.63) is 41.0 Å². The maximum absolute atomic E-state index is 6.19. The molecule has 0 radical (unpaired) electrons. The summed E-state index contributed by atoms with van der Waals surface area (Å²) in [5.74, 6) is 0.645. The van der Waals surface area contributed by atoms with Gasteiger partial charge in [0.2, 0.25) is 0 Å². The number of hydrogen-bond acceptors (Lipinski definition) is 3. The van der Waals surface area contributed by atoms with E-state index >= 15 is 0 Å². The van der Waals surface area contributed by atoms with E-state index in [1.807, 2.05) is 24.4 Å². The molecule has 2 heterocycles. The van der Waals surface area contributed by atoms with E-state index in [1.165, 1.54) is 5.56 Å². The molecule has 3 nitrogen and oxygen atoms in total. The Labute approximate surface area is 117 Å². The molecule has 1 atom stereocenters. The zero-order valence-electron chi connectivity index (χ0n) is 10.7. The van der Waals surface area contributed by atoms with Crippen molar-refractivity contribution in [2.24, 2.45) is 5.92 Å². The fraction of sp³-hybridized carbons (Fsp3) is 0.400. The van der Waals surface area contributed by atoms with Crippen LogP contribution in [-0.2, 0) is 11.3 Å². The number of nitrogens with zero attached hydrogens (tertiary/aromatic N) is 1. The molecule has 1 aromatic carbocycles. The minimum atomic E-state index is 0.645. The summed E-state index contributed by atoms with van der Waals surface area (Å²) in [5.41, 5.74) is 2.18. The molecule has 0 saturated carbocycles. The van der Waals surface area contributed by atoms with Crippen LogP contribution >= 0.6 is 11.6 Å². The lowest BCUT2D eigenvalue weighted by Crippen LogP contribution is -2.22. The van der Waals surface area contributed by atoms with Crippen LogP contribution < -0.4 is 5.32 Å². The summed E-state index contributed by atoms with van der Waals surface area (Å²) in [6.07, 6.45) is 2.97. The average Bonchev–Trinajstić information content (AvgIpc) is 2.95. The molecule has 4 heteroatoms. The molecule has 1 aliphatic rings. The Hall–Kier alpha value is -1.16. The largest absolute Gasteiger partial charge is 0.381 e. The van der Waals surface area contributed by atoms with Gasteiger partial charge in [0.1, 0.15) is 0 Å². The third-order valence-corrected chi connectivity index (χ3v) is 3.90. The molecule has 0 spiro atoms. The van der Waals surface area contributed by atoms with Gasteiger partial charge in [0.05, 0.1) is 12.1 Å². The number of fused-ring (bicyclic) bond motifs is 1. The summed E-state index contributed by atoms with van der Waals surface area (Å²) < 4.78 is 5.38. The van der Waals surface area contributed by atoms with E-state index in [0.717, 1.165) is 48.6 Å². The molecule has 19 heavy (non-hydrogen) atoms.